The minimum atomic E-state index is -4.95. The summed E-state index contributed by atoms with van der Waals surface area (Å²) in [6.07, 6.45) is 41.6. The largest absolute Gasteiger partial charge is 0.472 e. The number of unbranched alkanes of at least 4 members (excludes halogenated alkanes) is 34. The SMILES string of the molecule is CCCCCCCCCCCCCCC(=O)OC[C@H](COP(=O)(O)OC[C@@H](O)COP(=O)(O)OC[C@@H](COC(=O)CCCCCCCCC(C)C)OC(=O)CCCCCCCCCCCCCC)OC(=O)CCCCCCCCCCC(C)CC. The van der Waals surface area contributed by atoms with Gasteiger partial charge in [0.05, 0.1) is 26.4 Å². The first-order chi connectivity index (χ1) is 40.9. The van der Waals surface area contributed by atoms with E-state index >= 15 is 0 Å². The van der Waals surface area contributed by atoms with Gasteiger partial charge < -0.3 is 33.8 Å². The average Bonchev–Trinajstić information content (AvgIpc) is 3.58. The summed E-state index contributed by atoms with van der Waals surface area (Å²) in [6, 6.07) is 0. The van der Waals surface area contributed by atoms with Crippen molar-refractivity contribution in [2.75, 3.05) is 39.6 Å². The van der Waals surface area contributed by atoms with Crippen LogP contribution in [-0.4, -0.2) is 96.7 Å². The Balaban J connectivity index is 5.25. The maximum Gasteiger partial charge on any atom is 0.472 e. The number of aliphatic hydroxyl groups is 1. The molecular formula is C66H128O17P2. The van der Waals surface area contributed by atoms with Crippen LogP contribution in [0.15, 0.2) is 0 Å². The number of carbonyl (C=O) groups excluding carboxylic acids is 4. The van der Waals surface area contributed by atoms with Crippen molar-refractivity contribution in [2.45, 2.75) is 349 Å². The van der Waals surface area contributed by atoms with E-state index in [4.69, 9.17) is 37.0 Å². The van der Waals surface area contributed by atoms with E-state index in [-0.39, 0.29) is 25.7 Å². The highest BCUT2D eigenvalue weighted by molar-refractivity contribution is 7.47. The van der Waals surface area contributed by atoms with Crippen LogP contribution in [0.1, 0.15) is 330 Å². The molecule has 0 heterocycles. The molecule has 0 saturated heterocycles. The molecule has 0 spiro atoms. The Bertz CT molecular complexity index is 1670. The van der Waals surface area contributed by atoms with E-state index in [1.54, 1.807) is 0 Å². The van der Waals surface area contributed by atoms with Crippen molar-refractivity contribution in [3.63, 3.8) is 0 Å². The molecule has 0 aromatic rings. The van der Waals surface area contributed by atoms with Crippen LogP contribution in [0, 0.1) is 11.8 Å². The number of phosphoric ester groups is 2. The zero-order chi connectivity index (χ0) is 62.9. The Morgan fingerprint density at radius 3 is 0.894 bits per heavy atom. The number of hydrogen-bond acceptors (Lipinski definition) is 15. The van der Waals surface area contributed by atoms with E-state index in [1.165, 1.54) is 141 Å². The summed E-state index contributed by atoms with van der Waals surface area (Å²) < 4.78 is 68.1. The Hall–Kier alpha value is -1.94. The quantitative estimate of drug-likeness (QED) is 0.0222. The van der Waals surface area contributed by atoms with Gasteiger partial charge in [-0.2, -0.15) is 0 Å². The van der Waals surface area contributed by atoms with Crippen molar-refractivity contribution in [1.29, 1.82) is 0 Å². The normalized spacial score (nSPS) is 14.6. The third-order valence-electron chi connectivity index (χ3n) is 15.6. The van der Waals surface area contributed by atoms with Crippen LogP contribution >= 0.6 is 15.6 Å². The lowest BCUT2D eigenvalue weighted by Crippen LogP contribution is -2.30. The highest BCUT2D eigenvalue weighted by atomic mass is 31.2. The van der Waals surface area contributed by atoms with Crippen LogP contribution in [0.5, 0.6) is 0 Å². The first kappa shape index (κ1) is 83.1. The molecule has 0 aromatic heterocycles. The monoisotopic (exact) mass is 1250 g/mol. The van der Waals surface area contributed by atoms with Crippen molar-refractivity contribution < 1.29 is 80.2 Å². The molecule has 3 N–H and O–H groups in total. The van der Waals surface area contributed by atoms with Gasteiger partial charge in [-0.1, -0.05) is 279 Å². The highest BCUT2D eigenvalue weighted by Crippen LogP contribution is 2.45. The first-order valence-electron chi connectivity index (χ1n) is 34.5. The molecule has 504 valence electrons. The lowest BCUT2D eigenvalue weighted by atomic mass is 9.99. The van der Waals surface area contributed by atoms with Crippen LogP contribution in [0.2, 0.25) is 0 Å². The summed E-state index contributed by atoms with van der Waals surface area (Å²) in [5.74, 6) is -0.682. The minimum Gasteiger partial charge on any atom is -0.462 e. The molecule has 0 aromatic carbocycles. The van der Waals surface area contributed by atoms with Gasteiger partial charge in [-0.3, -0.25) is 37.3 Å². The van der Waals surface area contributed by atoms with E-state index in [0.717, 1.165) is 102 Å². The van der Waals surface area contributed by atoms with Gasteiger partial charge in [0, 0.05) is 25.7 Å². The summed E-state index contributed by atoms with van der Waals surface area (Å²) >= 11 is 0. The van der Waals surface area contributed by atoms with E-state index < -0.39 is 97.5 Å². The molecule has 0 saturated carbocycles. The standard InChI is InChI=1S/C66H128O17P2/c1-7-10-12-14-16-18-20-22-24-29-36-42-48-63(68)76-54-61(83-66(71)51-45-39-31-27-26-28-35-41-47-59(6)9-3)56-80-84(72,73)78-52-60(67)53-79-85(74,75)81-57-62(55-77-64(69)49-43-37-33-32-34-40-46-58(4)5)82-65(70)50-44-38-30-25-23-21-19-17-15-13-11-8-2/h58-62,67H,7-57H2,1-6H3,(H,72,73)(H,74,75)/t59?,60-,61-,62-/m1/s1. The van der Waals surface area contributed by atoms with Gasteiger partial charge in [-0.05, 0) is 37.5 Å². The number of rotatable bonds is 65. The lowest BCUT2D eigenvalue weighted by molar-refractivity contribution is -0.161. The number of ether oxygens (including phenoxy) is 4. The van der Waals surface area contributed by atoms with Gasteiger partial charge in [0.15, 0.2) is 12.2 Å². The summed E-state index contributed by atoms with van der Waals surface area (Å²) in [4.78, 5) is 72.3. The zero-order valence-electron chi connectivity index (χ0n) is 54.9. The topological polar surface area (TPSA) is 237 Å². The molecule has 0 bridgehead atoms. The van der Waals surface area contributed by atoms with Gasteiger partial charge in [0.2, 0.25) is 0 Å². The Morgan fingerprint density at radius 1 is 0.341 bits per heavy atom. The predicted octanol–water partition coefficient (Wildman–Crippen LogP) is 18.4. The molecule has 0 rings (SSSR count). The van der Waals surface area contributed by atoms with Gasteiger partial charge in [-0.15, -0.1) is 0 Å². The number of aliphatic hydroxyl groups excluding tert-OH is 1. The van der Waals surface area contributed by atoms with Crippen molar-refractivity contribution in [2.24, 2.45) is 11.8 Å². The maximum absolute atomic E-state index is 13.0. The van der Waals surface area contributed by atoms with Crippen LogP contribution in [0.3, 0.4) is 0 Å². The molecule has 19 heteroatoms. The molecule has 0 radical (unpaired) electrons. The fourth-order valence-electron chi connectivity index (χ4n) is 9.85. The van der Waals surface area contributed by atoms with Gasteiger partial charge in [0.25, 0.3) is 0 Å². The molecule has 85 heavy (non-hydrogen) atoms. The lowest BCUT2D eigenvalue weighted by Gasteiger charge is -2.21. The predicted molar refractivity (Wildman–Crippen MR) is 340 cm³/mol. The Morgan fingerprint density at radius 2 is 0.600 bits per heavy atom. The summed E-state index contributed by atoms with van der Waals surface area (Å²) in [5.41, 5.74) is 0. The van der Waals surface area contributed by atoms with E-state index in [2.05, 4.69) is 41.5 Å². The molecule has 6 atom stereocenters. The molecular weight excluding hydrogens is 1130 g/mol. The smallest absolute Gasteiger partial charge is 0.462 e. The molecule has 0 fully saturated rings. The number of esters is 4. The van der Waals surface area contributed by atoms with Crippen molar-refractivity contribution in [3.05, 3.63) is 0 Å². The molecule has 17 nitrogen and oxygen atoms in total. The summed E-state index contributed by atoms with van der Waals surface area (Å²) in [6.45, 7) is 9.43. The molecule has 0 aliphatic carbocycles. The van der Waals surface area contributed by atoms with Crippen LogP contribution in [-0.2, 0) is 65.4 Å². The van der Waals surface area contributed by atoms with Crippen molar-refractivity contribution >= 4 is 39.5 Å². The fraction of sp³-hybridized carbons (Fsp3) is 0.939. The number of carbonyl (C=O) groups is 4. The highest BCUT2D eigenvalue weighted by Gasteiger charge is 2.30. The zero-order valence-corrected chi connectivity index (χ0v) is 56.7. The van der Waals surface area contributed by atoms with Crippen LogP contribution < -0.4 is 0 Å². The van der Waals surface area contributed by atoms with Gasteiger partial charge in [-0.25, -0.2) is 9.13 Å². The van der Waals surface area contributed by atoms with Crippen LogP contribution in [0.25, 0.3) is 0 Å². The van der Waals surface area contributed by atoms with Crippen LogP contribution in [0.4, 0.5) is 0 Å². The second kappa shape index (κ2) is 58.4. The van der Waals surface area contributed by atoms with Crippen molar-refractivity contribution in [1.82, 2.24) is 0 Å². The molecule has 3 unspecified atom stereocenters. The Kier molecular flexibility index (Phi) is 57.1. The van der Waals surface area contributed by atoms with Gasteiger partial charge >= 0.3 is 39.5 Å². The third-order valence-corrected chi connectivity index (χ3v) is 17.5. The Labute approximate surface area is 517 Å². The summed E-state index contributed by atoms with van der Waals surface area (Å²) in [5, 5.41) is 10.6. The van der Waals surface area contributed by atoms with Crippen molar-refractivity contribution in [3.8, 4) is 0 Å². The average molecular weight is 1260 g/mol. The summed E-state index contributed by atoms with van der Waals surface area (Å²) in [7, 11) is -9.89. The van der Waals surface area contributed by atoms with Gasteiger partial charge in [0.1, 0.15) is 19.3 Å². The van der Waals surface area contributed by atoms with E-state index in [0.29, 0.717) is 31.6 Å². The maximum atomic E-state index is 13.0. The molecule has 0 amide bonds. The fourth-order valence-corrected chi connectivity index (χ4v) is 11.4. The number of hydrogen-bond donors (Lipinski definition) is 3. The van der Waals surface area contributed by atoms with E-state index in [9.17, 15) is 43.2 Å². The minimum absolute atomic E-state index is 0.105. The second-order valence-electron chi connectivity index (χ2n) is 24.6. The first-order valence-corrected chi connectivity index (χ1v) is 37.5. The molecule has 0 aliphatic rings. The van der Waals surface area contributed by atoms with E-state index in [1.807, 2.05) is 0 Å². The number of phosphoric acid groups is 2. The third kappa shape index (κ3) is 59.5. The molecule has 0 aliphatic heterocycles. The second-order valence-corrected chi connectivity index (χ2v) is 27.5.